The van der Waals surface area contributed by atoms with Crippen molar-refractivity contribution < 1.29 is 9.53 Å². The number of nitrogens with zero attached hydrogens (tertiary/aromatic N) is 5. The van der Waals surface area contributed by atoms with Gasteiger partial charge in [0.2, 0.25) is 5.91 Å². The smallest absolute Gasteiger partial charge is 0.223 e. The molecule has 8 nitrogen and oxygen atoms in total. The van der Waals surface area contributed by atoms with Gasteiger partial charge in [0.1, 0.15) is 11.4 Å². The van der Waals surface area contributed by atoms with Crippen molar-refractivity contribution in [2.75, 3.05) is 11.9 Å². The number of carbonyl (C=O) groups excluding carboxylic acids is 1. The number of nitrogens with one attached hydrogen (secondary N) is 1. The number of halogens is 1. The van der Waals surface area contributed by atoms with Crippen LogP contribution < -0.4 is 10.1 Å². The molecule has 1 aliphatic rings. The summed E-state index contributed by atoms with van der Waals surface area (Å²) in [7, 11) is 0. The van der Waals surface area contributed by atoms with Crippen molar-refractivity contribution in [2.24, 2.45) is 5.92 Å². The van der Waals surface area contributed by atoms with Crippen molar-refractivity contribution in [3.05, 3.63) is 53.5 Å². The van der Waals surface area contributed by atoms with Crippen LogP contribution in [-0.4, -0.2) is 37.4 Å². The molecule has 1 N–H and O–H groups in total. The van der Waals surface area contributed by atoms with Crippen LogP contribution in [-0.2, 0) is 4.79 Å². The van der Waals surface area contributed by atoms with Crippen molar-refractivity contribution >= 4 is 38.3 Å². The summed E-state index contributed by atoms with van der Waals surface area (Å²) in [5.41, 5.74) is 2.84. The van der Waals surface area contributed by atoms with E-state index in [9.17, 15) is 4.79 Å². The summed E-state index contributed by atoms with van der Waals surface area (Å²) in [5, 5.41) is 3.24. The summed E-state index contributed by atoms with van der Waals surface area (Å²) in [6.07, 6.45) is 14.3. The molecule has 3 aromatic heterocycles. The van der Waals surface area contributed by atoms with Gasteiger partial charge in [0.05, 0.1) is 29.1 Å². The van der Waals surface area contributed by atoms with Crippen LogP contribution in [0.4, 0.5) is 5.13 Å². The minimum Gasteiger partial charge on any atom is -0.494 e. The normalized spacial score (nSPS) is 13.9. The molecule has 10 heteroatoms. The SMILES string of the molecule is CC(=O)Nc1ncc(-c2cc(-c3cc(OCCC4CCCCC4)ccc3Br)nc(-c3cnccn3)n2)s1. The van der Waals surface area contributed by atoms with Gasteiger partial charge in [0.25, 0.3) is 0 Å². The molecular weight excluding hydrogens is 552 g/mol. The lowest BCUT2D eigenvalue weighted by Gasteiger charge is -2.21. The Balaban J connectivity index is 1.46. The number of hydrogen-bond donors (Lipinski definition) is 1. The summed E-state index contributed by atoms with van der Waals surface area (Å²) in [5.74, 6) is 1.85. The number of anilines is 1. The standard InChI is InChI=1S/C27H27BrN6O2S/c1-17(35)32-27-31-16-25(37-27)23-14-22(33-26(34-23)24-15-29-10-11-30-24)20-13-19(7-8-21(20)28)36-12-9-18-5-3-2-4-6-18/h7-8,10-11,13-16,18H,2-6,9,12H2,1H3,(H,31,32,35). The summed E-state index contributed by atoms with van der Waals surface area (Å²) >= 11 is 5.04. The van der Waals surface area contributed by atoms with Gasteiger partial charge in [-0.2, -0.15) is 0 Å². The fourth-order valence-corrected chi connectivity index (χ4v) is 5.72. The summed E-state index contributed by atoms with van der Waals surface area (Å²) in [6.45, 7) is 2.16. The van der Waals surface area contributed by atoms with Crippen LogP contribution in [0.5, 0.6) is 5.75 Å². The zero-order chi connectivity index (χ0) is 25.6. The van der Waals surface area contributed by atoms with E-state index >= 15 is 0 Å². The number of amides is 1. The van der Waals surface area contributed by atoms with E-state index in [0.717, 1.165) is 33.0 Å². The second-order valence-electron chi connectivity index (χ2n) is 9.05. The van der Waals surface area contributed by atoms with Crippen LogP contribution >= 0.6 is 27.3 Å². The number of ether oxygens (including phenoxy) is 1. The Morgan fingerprint density at radius 1 is 1.05 bits per heavy atom. The van der Waals surface area contributed by atoms with E-state index < -0.39 is 0 Å². The van der Waals surface area contributed by atoms with E-state index in [2.05, 4.69) is 36.2 Å². The Hall–Kier alpha value is -3.24. The zero-order valence-corrected chi connectivity index (χ0v) is 22.9. The minimum atomic E-state index is -0.172. The van der Waals surface area contributed by atoms with Crippen LogP contribution in [0.25, 0.3) is 33.3 Å². The maximum Gasteiger partial charge on any atom is 0.223 e. The first kappa shape index (κ1) is 25.4. The van der Waals surface area contributed by atoms with E-state index in [1.165, 1.54) is 50.4 Å². The molecule has 1 aliphatic carbocycles. The zero-order valence-electron chi connectivity index (χ0n) is 20.5. The van der Waals surface area contributed by atoms with Crippen LogP contribution in [0, 0.1) is 5.92 Å². The third-order valence-electron chi connectivity index (χ3n) is 6.29. The highest BCUT2D eigenvalue weighted by molar-refractivity contribution is 9.10. The van der Waals surface area contributed by atoms with Crippen molar-refractivity contribution in [3.8, 4) is 39.1 Å². The maximum absolute atomic E-state index is 11.5. The van der Waals surface area contributed by atoms with Crippen LogP contribution in [0.2, 0.25) is 0 Å². The molecule has 4 aromatic rings. The number of rotatable bonds is 8. The fourth-order valence-electron chi connectivity index (χ4n) is 4.45. The molecule has 0 unspecified atom stereocenters. The van der Waals surface area contributed by atoms with Crippen LogP contribution in [0.15, 0.2) is 53.5 Å². The lowest BCUT2D eigenvalue weighted by atomic mass is 9.87. The first-order valence-electron chi connectivity index (χ1n) is 12.4. The average Bonchev–Trinajstić information content (AvgIpc) is 3.38. The van der Waals surface area contributed by atoms with E-state index in [1.807, 2.05) is 24.3 Å². The lowest BCUT2D eigenvalue weighted by molar-refractivity contribution is -0.114. The highest BCUT2D eigenvalue weighted by Crippen LogP contribution is 2.36. The Kier molecular flexibility index (Phi) is 8.15. The molecule has 190 valence electrons. The molecule has 5 rings (SSSR count). The predicted molar refractivity (Wildman–Crippen MR) is 148 cm³/mol. The molecule has 0 radical (unpaired) electrons. The summed E-state index contributed by atoms with van der Waals surface area (Å²) < 4.78 is 7.05. The van der Waals surface area contributed by atoms with Gasteiger partial charge in [-0.3, -0.25) is 9.78 Å². The summed E-state index contributed by atoms with van der Waals surface area (Å²) in [4.78, 5) is 34.7. The number of thiazole rings is 1. The molecule has 3 heterocycles. The molecule has 0 aliphatic heterocycles. The summed E-state index contributed by atoms with van der Waals surface area (Å²) in [6, 6.07) is 7.88. The molecule has 37 heavy (non-hydrogen) atoms. The highest BCUT2D eigenvalue weighted by Gasteiger charge is 2.17. The van der Waals surface area contributed by atoms with Crippen molar-refractivity contribution in [2.45, 2.75) is 45.4 Å². The topological polar surface area (TPSA) is 103 Å². The van der Waals surface area contributed by atoms with Gasteiger partial charge in [-0.15, -0.1) is 0 Å². The number of hydrogen-bond acceptors (Lipinski definition) is 8. The fraction of sp³-hybridized carbons (Fsp3) is 0.333. The Bertz CT molecular complexity index is 1370. The Labute approximate surface area is 228 Å². The minimum absolute atomic E-state index is 0.172. The predicted octanol–water partition coefficient (Wildman–Crippen LogP) is 6.79. The molecule has 0 bridgehead atoms. The van der Waals surface area contributed by atoms with E-state index in [0.29, 0.717) is 34.6 Å². The lowest BCUT2D eigenvalue weighted by Crippen LogP contribution is -2.10. The molecule has 0 atom stereocenters. The second kappa shape index (κ2) is 11.9. The second-order valence-corrected chi connectivity index (χ2v) is 10.9. The van der Waals surface area contributed by atoms with Crippen LogP contribution in [0.1, 0.15) is 45.4 Å². The van der Waals surface area contributed by atoms with Crippen molar-refractivity contribution in [1.82, 2.24) is 24.9 Å². The number of aromatic nitrogens is 5. The van der Waals surface area contributed by atoms with Crippen LogP contribution in [0.3, 0.4) is 0 Å². The quantitative estimate of drug-likeness (QED) is 0.245. The third kappa shape index (κ3) is 6.56. The number of benzene rings is 1. The molecule has 1 fully saturated rings. The van der Waals surface area contributed by atoms with Gasteiger partial charge in [-0.1, -0.05) is 59.4 Å². The van der Waals surface area contributed by atoms with Gasteiger partial charge >= 0.3 is 0 Å². The monoisotopic (exact) mass is 578 g/mol. The third-order valence-corrected chi connectivity index (χ3v) is 7.92. The average molecular weight is 580 g/mol. The Morgan fingerprint density at radius 3 is 2.68 bits per heavy atom. The van der Waals surface area contributed by atoms with Gasteiger partial charge in [0, 0.05) is 35.6 Å². The van der Waals surface area contributed by atoms with Gasteiger partial charge < -0.3 is 10.1 Å². The van der Waals surface area contributed by atoms with Gasteiger partial charge in [-0.25, -0.2) is 19.9 Å². The molecule has 1 amide bonds. The van der Waals surface area contributed by atoms with E-state index in [1.54, 1.807) is 24.8 Å². The van der Waals surface area contributed by atoms with E-state index in [-0.39, 0.29) is 5.91 Å². The van der Waals surface area contributed by atoms with Gasteiger partial charge in [0.15, 0.2) is 11.0 Å². The van der Waals surface area contributed by atoms with E-state index in [4.69, 9.17) is 14.7 Å². The highest BCUT2D eigenvalue weighted by atomic mass is 79.9. The van der Waals surface area contributed by atoms with Crippen molar-refractivity contribution in [3.63, 3.8) is 0 Å². The first-order valence-corrected chi connectivity index (χ1v) is 14.0. The molecular formula is C27H27BrN6O2S. The number of carbonyl (C=O) groups is 1. The van der Waals surface area contributed by atoms with Crippen molar-refractivity contribution in [1.29, 1.82) is 0 Å². The largest absolute Gasteiger partial charge is 0.494 e. The first-order chi connectivity index (χ1) is 18.0. The Morgan fingerprint density at radius 2 is 1.89 bits per heavy atom. The molecule has 1 saturated carbocycles. The maximum atomic E-state index is 11.5. The molecule has 1 aromatic carbocycles. The van der Waals surface area contributed by atoms with Gasteiger partial charge in [-0.05, 0) is 36.6 Å². The molecule has 0 saturated heterocycles. The molecule has 0 spiro atoms.